The molecule has 0 aliphatic carbocycles. The van der Waals surface area contributed by atoms with Crippen molar-refractivity contribution in [1.82, 2.24) is 15.2 Å². The van der Waals surface area contributed by atoms with E-state index in [1.54, 1.807) is 0 Å². The standard InChI is InChI=1S/C14H22N4O/c1-11-9-17(2)7-8-18(11)10-12-5-3-4-6-13(12)14(19)16-15/h3-6,11H,7-10,15H2,1-2H3,(H,16,19). The second-order valence-electron chi connectivity index (χ2n) is 5.21. The number of rotatable bonds is 3. The summed E-state index contributed by atoms with van der Waals surface area (Å²) in [6.07, 6.45) is 0. The number of nitrogen functional groups attached to an aromatic ring is 1. The zero-order valence-electron chi connectivity index (χ0n) is 11.6. The molecule has 1 unspecified atom stereocenters. The van der Waals surface area contributed by atoms with Gasteiger partial charge in [0.2, 0.25) is 0 Å². The molecule has 1 aliphatic rings. The van der Waals surface area contributed by atoms with Gasteiger partial charge in [0.15, 0.2) is 0 Å². The molecule has 0 bridgehead atoms. The predicted octanol–water partition coefficient (Wildman–Crippen LogP) is 0.426. The molecule has 1 amide bonds. The lowest BCUT2D eigenvalue weighted by Crippen LogP contribution is -2.50. The zero-order chi connectivity index (χ0) is 13.8. The van der Waals surface area contributed by atoms with Crippen LogP contribution in [0.1, 0.15) is 22.8 Å². The van der Waals surface area contributed by atoms with Crippen LogP contribution >= 0.6 is 0 Å². The van der Waals surface area contributed by atoms with Gasteiger partial charge < -0.3 is 4.90 Å². The van der Waals surface area contributed by atoms with Crippen molar-refractivity contribution in [1.29, 1.82) is 0 Å². The number of hydrazine groups is 1. The summed E-state index contributed by atoms with van der Waals surface area (Å²) in [5, 5.41) is 0. The van der Waals surface area contributed by atoms with Crippen LogP contribution in [-0.4, -0.2) is 48.4 Å². The van der Waals surface area contributed by atoms with Crippen molar-refractivity contribution < 1.29 is 4.79 Å². The van der Waals surface area contributed by atoms with E-state index < -0.39 is 0 Å². The van der Waals surface area contributed by atoms with Gasteiger partial charge in [0, 0.05) is 37.8 Å². The van der Waals surface area contributed by atoms with Crippen LogP contribution in [0.4, 0.5) is 0 Å². The summed E-state index contributed by atoms with van der Waals surface area (Å²) >= 11 is 0. The van der Waals surface area contributed by atoms with Crippen molar-refractivity contribution in [3.8, 4) is 0 Å². The monoisotopic (exact) mass is 262 g/mol. The molecule has 0 spiro atoms. The van der Waals surface area contributed by atoms with Gasteiger partial charge >= 0.3 is 0 Å². The van der Waals surface area contributed by atoms with Gasteiger partial charge in [-0.2, -0.15) is 0 Å². The summed E-state index contributed by atoms with van der Waals surface area (Å²) in [6, 6.07) is 8.13. The maximum Gasteiger partial charge on any atom is 0.265 e. The third-order valence-electron chi connectivity index (χ3n) is 3.73. The van der Waals surface area contributed by atoms with Crippen molar-refractivity contribution in [3.63, 3.8) is 0 Å². The van der Waals surface area contributed by atoms with E-state index in [-0.39, 0.29) is 5.91 Å². The summed E-state index contributed by atoms with van der Waals surface area (Å²) in [6.45, 7) is 6.16. The molecule has 1 aromatic rings. The van der Waals surface area contributed by atoms with Crippen LogP contribution in [0.5, 0.6) is 0 Å². The molecule has 5 nitrogen and oxygen atoms in total. The smallest absolute Gasteiger partial charge is 0.265 e. The van der Waals surface area contributed by atoms with Gasteiger partial charge in [0.25, 0.3) is 5.91 Å². The molecule has 104 valence electrons. The second-order valence-corrected chi connectivity index (χ2v) is 5.21. The predicted molar refractivity (Wildman–Crippen MR) is 75.5 cm³/mol. The van der Waals surface area contributed by atoms with E-state index in [1.807, 2.05) is 24.3 Å². The largest absolute Gasteiger partial charge is 0.304 e. The molecule has 5 heteroatoms. The molecule has 1 aliphatic heterocycles. The number of piperazine rings is 1. The number of benzene rings is 1. The van der Waals surface area contributed by atoms with E-state index in [0.717, 1.165) is 31.7 Å². The summed E-state index contributed by atoms with van der Waals surface area (Å²) in [5.74, 6) is 5.01. The number of nitrogens with two attached hydrogens (primary N) is 1. The lowest BCUT2D eigenvalue weighted by Gasteiger charge is -2.38. The number of hydrogen-bond acceptors (Lipinski definition) is 4. The van der Waals surface area contributed by atoms with E-state index in [4.69, 9.17) is 5.84 Å². The van der Waals surface area contributed by atoms with Crippen LogP contribution in [0.2, 0.25) is 0 Å². The molecule has 2 rings (SSSR count). The average Bonchev–Trinajstić information content (AvgIpc) is 2.41. The molecular formula is C14H22N4O. The van der Waals surface area contributed by atoms with Gasteiger partial charge in [0.1, 0.15) is 0 Å². The van der Waals surface area contributed by atoms with Gasteiger partial charge in [0.05, 0.1) is 0 Å². The molecule has 1 atom stereocenters. The molecule has 0 saturated carbocycles. The number of likely N-dealkylation sites (N-methyl/N-ethyl adjacent to an activating group) is 1. The second kappa shape index (κ2) is 6.14. The lowest BCUT2D eigenvalue weighted by atomic mass is 10.0. The topological polar surface area (TPSA) is 61.6 Å². The molecule has 1 aromatic carbocycles. The molecule has 1 saturated heterocycles. The highest BCUT2D eigenvalue weighted by Crippen LogP contribution is 2.16. The SMILES string of the molecule is CC1CN(C)CCN1Cc1ccccc1C(=O)NN. The number of carbonyl (C=O) groups is 1. The quantitative estimate of drug-likeness (QED) is 0.471. The maximum atomic E-state index is 11.7. The first-order valence-electron chi connectivity index (χ1n) is 6.63. The van der Waals surface area contributed by atoms with Crippen molar-refractivity contribution in [3.05, 3.63) is 35.4 Å². The minimum Gasteiger partial charge on any atom is -0.304 e. The fourth-order valence-electron chi connectivity index (χ4n) is 2.59. The van der Waals surface area contributed by atoms with Gasteiger partial charge in [-0.25, -0.2) is 5.84 Å². The number of amides is 1. The molecule has 0 radical (unpaired) electrons. The first-order chi connectivity index (χ1) is 9.11. The van der Waals surface area contributed by atoms with Gasteiger partial charge in [-0.3, -0.25) is 15.1 Å². The molecular weight excluding hydrogens is 240 g/mol. The highest BCUT2D eigenvalue weighted by molar-refractivity contribution is 5.95. The molecule has 19 heavy (non-hydrogen) atoms. The Morgan fingerprint density at radius 3 is 2.84 bits per heavy atom. The molecule has 1 fully saturated rings. The van der Waals surface area contributed by atoms with Crippen LogP contribution < -0.4 is 11.3 Å². The van der Waals surface area contributed by atoms with Crippen molar-refractivity contribution in [2.24, 2.45) is 5.84 Å². The fourth-order valence-corrected chi connectivity index (χ4v) is 2.59. The van der Waals surface area contributed by atoms with Crippen LogP contribution in [0.3, 0.4) is 0 Å². The summed E-state index contributed by atoms with van der Waals surface area (Å²) in [7, 11) is 2.14. The third-order valence-corrected chi connectivity index (χ3v) is 3.73. The van der Waals surface area contributed by atoms with E-state index >= 15 is 0 Å². The summed E-state index contributed by atoms with van der Waals surface area (Å²) in [5.41, 5.74) is 3.90. The Kier molecular flexibility index (Phi) is 4.52. The summed E-state index contributed by atoms with van der Waals surface area (Å²) < 4.78 is 0. The number of nitrogens with one attached hydrogen (secondary N) is 1. The van der Waals surface area contributed by atoms with E-state index in [0.29, 0.717) is 11.6 Å². The molecule has 1 heterocycles. The van der Waals surface area contributed by atoms with Crippen LogP contribution in [0.15, 0.2) is 24.3 Å². The van der Waals surface area contributed by atoms with Crippen LogP contribution in [0.25, 0.3) is 0 Å². The minimum atomic E-state index is -0.225. The van der Waals surface area contributed by atoms with Gasteiger partial charge in [-0.05, 0) is 25.6 Å². The Labute approximate surface area is 114 Å². The van der Waals surface area contributed by atoms with Crippen molar-refractivity contribution >= 4 is 5.91 Å². The third kappa shape index (κ3) is 3.32. The Hall–Kier alpha value is -1.43. The van der Waals surface area contributed by atoms with E-state index in [1.165, 1.54) is 0 Å². The Balaban J connectivity index is 2.13. The van der Waals surface area contributed by atoms with Gasteiger partial charge in [-0.1, -0.05) is 18.2 Å². The van der Waals surface area contributed by atoms with Crippen LogP contribution in [0, 0.1) is 0 Å². The van der Waals surface area contributed by atoms with E-state index in [2.05, 4.69) is 29.2 Å². The average molecular weight is 262 g/mol. The molecule has 3 N–H and O–H groups in total. The number of hydrogen-bond donors (Lipinski definition) is 2. The van der Waals surface area contributed by atoms with Gasteiger partial charge in [-0.15, -0.1) is 0 Å². The summed E-state index contributed by atoms with van der Waals surface area (Å²) in [4.78, 5) is 16.5. The Bertz CT molecular complexity index is 449. The highest BCUT2D eigenvalue weighted by atomic mass is 16.2. The minimum absolute atomic E-state index is 0.225. The number of carbonyl (C=O) groups excluding carboxylic acids is 1. The first kappa shape index (κ1) is 14.0. The maximum absolute atomic E-state index is 11.7. The molecule has 0 aromatic heterocycles. The lowest BCUT2D eigenvalue weighted by molar-refractivity contribution is 0.0904. The highest BCUT2D eigenvalue weighted by Gasteiger charge is 2.22. The normalized spacial score (nSPS) is 21.3. The first-order valence-corrected chi connectivity index (χ1v) is 6.63. The Morgan fingerprint density at radius 2 is 2.16 bits per heavy atom. The zero-order valence-corrected chi connectivity index (χ0v) is 11.6. The Morgan fingerprint density at radius 1 is 1.42 bits per heavy atom. The number of nitrogens with zero attached hydrogens (tertiary/aromatic N) is 2. The van der Waals surface area contributed by atoms with Crippen molar-refractivity contribution in [2.75, 3.05) is 26.7 Å². The van der Waals surface area contributed by atoms with Crippen LogP contribution in [-0.2, 0) is 6.54 Å². The van der Waals surface area contributed by atoms with Crippen molar-refractivity contribution in [2.45, 2.75) is 19.5 Å². The fraction of sp³-hybridized carbons (Fsp3) is 0.500. The van der Waals surface area contributed by atoms with E-state index in [9.17, 15) is 4.79 Å².